The van der Waals surface area contributed by atoms with E-state index in [1.165, 1.54) is 5.56 Å². The van der Waals surface area contributed by atoms with Gasteiger partial charge in [-0.05, 0) is 38.7 Å². The number of nitrogens with zero attached hydrogens (tertiary/aromatic N) is 1. The van der Waals surface area contributed by atoms with Gasteiger partial charge in [0.15, 0.2) is 5.79 Å². The lowest BCUT2D eigenvalue weighted by Crippen LogP contribution is -2.74. The molecule has 2 heterocycles. The fourth-order valence-electron chi connectivity index (χ4n) is 5.40. The minimum atomic E-state index is -0.595. The molecule has 2 saturated heterocycles. The molecule has 5 nitrogen and oxygen atoms in total. The maximum Gasteiger partial charge on any atom is 0.174 e. The van der Waals surface area contributed by atoms with Gasteiger partial charge in [0.05, 0.1) is 32.0 Å². The Balaban J connectivity index is 1.81. The van der Waals surface area contributed by atoms with Crippen LogP contribution in [0.25, 0.3) is 0 Å². The average Bonchev–Trinajstić information content (AvgIpc) is 2.78. The fourth-order valence-corrected chi connectivity index (χ4v) is 5.40. The van der Waals surface area contributed by atoms with E-state index in [-0.39, 0.29) is 22.4 Å². The van der Waals surface area contributed by atoms with E-state index >= 15 is 0 Å². The molecule has 1 aromatic rings. The first-order valence-electron chi connectivity index (χ1n) is 11.9. The summed E-state index contributed by atoms with van der Waals surface area (Å²) in [5.41, 5.74) is 0.822. The van der Waals surface area contributed by atoms with Crippen LogP contribution in [0.1, 0.15) is 66.4 Å². The number of rotatable bonds is 8. The van der Waals surface area contributed by atoms with E-state index in [0.717, 1.165) is 25.7 Å². The van der Waals surface area contributed by atoms with Gasteiger partial charge in [-0.25, -0.2) is 0 Å². The lowest BCUT2D eigenvalue weighted by atomic mass is 9.67. The third-order valence-corrected chi connectivity index (χ3v) is 7.93. The highest BCUT2D eigenvalue weighted by Gasteiger charge is 2.63. The van der Waals surface area contributed by atoms with Gasteiger partial charge in [-0.3, -0.25) is 4.84 Å². The quantitative estimate of drug-likeness (QED) is 0.561. The van der Waals surface area contributed by atoms with E-state index in [2.05, 4.69) is 76.9 Å². The van der Waals surface area contributed by atoms with E-state index in [0.29, 0.717) is 26.4 Å². The fraction of sp³-hybridized carbons (Fsp3) is 0.769. The van der Waals surface area contributed by atoms with E-state index in [4.69, 9.17) is 19.0 Å². The van der Waals surface area contributed by atoms with E-state index < -0.39 is 5.79 Å². The third kappa shape index (κ3) is 4.72. The molecule has 0 saturated carbocycles. The molecule has 2 aliphatic heterocycles. The highest BCUT2D eigenvalue weighted by molar-refractivity contribution is 5.15. The van der Waals surface area contributed by atoms with Gasteiger partial charge in [0.25, 0.3) is 0 Å². The molecule has 31 heavy (non-hydrogen) atoms. The normalized spacial score (nSPS) is 39.1. The Morgan fingerprint density at radius 2 is 1.68 bits per heavy atom. The lowest BCUT2D eigenvalue weighted by molar-refractivity contribution is -0.410. The second-order valence-corrected chi connectivity index (χ2v) is 10.5. The summed E-state index contributed by atoms with van der Waals surface area (Å²) in [6.45, 7) is 16.2. The van der Waals surface area contributed by atoms with E-state index in [1.807, 2.05) is 0 Å². The first-order chi connectivity index (χ1) is 14.7. The van der Waals surface area contributed by atoms with Crippen molar-refractivity contribution in [2.75, 3.05) is 33.5 Å². The molecule has 2 aliphatic rings. The van der Waals surface area contributed by atoms with Crippen LogP contribution in [0.5, 0.6) is 0 Å². The standard InChI is InChI=1S/C26H43NO4/c1-8-24(5)17-26(29-19-23(4,18-28-7)20-30-26)21(3)25(6,9-2)27(24)31-16-15-22-13-11-10-12-14-22/h10-14,21H,8-9,15-20H2,1-7H3. The summed E-state index contributed by atoms with van der Waals surface area (Å²) in [6, 6.07) is 10.6. The van der Waals surface area contributed by atoms with E-state index in [9.17, 15) is 0 Å². The molecular formula is C26H43NO4. The molecular weight excluding hydrogens is 390 g/mol. The SMILES string of the molecule is CCC1(C)CC2(OCC(C)(COC)CO2)C(C)C(C)(CC)N1OCCc1ccccc1. The average molecular weight is 434 g/mol. The van der Waals surface area contributed by atoms with Crippen LogP contribution in [0.4, 0.5) is 0 Å². The van der Waals surface area contributed by atoms with Crippen LogP contribution in [0.2, 0.25) is 0 Å². The molecule has 0 radical (unpaired) electrons. The summed E-state index contributed by atoms with van der Waals surface area (Å²) in [6.07, 6.45) is 3.61. The van der Waals surface area contributed by atoms with Crippen molar-refractivity contribution in [2.24, 2.45) is 11.3 Å². The van der Waals surface area contributed by atoms with Crippen LogP contribution in [0.15, 0.2) is 30.3 Å². The third-order valence-electron chi connectivity index (χ3n) is 7.93. The van der Waals surface area contributed by atoms with Crippen LogP contribution in [-0.4, -0.2) is 55.5 Å². The Morgan fingerprint density at radius 3 is 2.23 bits per heavy atom. The lowest BCUT2D eigenvalue weighted by Gasteiger charge is -2.64. The topological polar surface area (TPSA) is 40.2 Å². The summed E-state index contributed by atoms with van der Waals surface area (Å²) < 4.78 is 18.7. The number of hydrogen-bond donors (Lipinski definition) is 0. The number of piperidine rings is 1. The Kier molecular flexibility index (Phi) is 7.54. The number of hydrogen-bond acceptors (Lipinski definition) is 5. The van der Waals surface area contributed by atoms with Crippen LogP contribution in [0, 0.1) is 11.3 Å². The van der Waals surface area contributed by atoms with Gasteiger partial charge in [-0.2, -0.15) is 5.06 Å². The number of methoxy groups -OCH3 is 1. The van der Waals surface area contributed by atoms with Crippen molar-refractivity contribution in [3.8, 4) is 0 Å². The molecule has 1 aromatic carbocycles. The van der Waals surface area contributed by atoms with Gasteiger partial charge in [0.1, 0.15) is 0 Å². The second-order valence-electron chi connectivity index (χ2n) is 10.5. The van der Waals surface area contributed by atoms with Gasteiger partial charge in [-0.15, -0.1) is 0 Å². The second kappa shape index (κ2) is 9.48. The van der Waals surface area contributed by atoms with Gasteiger partial charge >= 0.3 is 0 Å². The van der Waals surface area contributed by atoms with Gasteiger partial charge in [0.2, 0.25) is 0 Å². The molecule has 0 N–H and O–H groups in total. The number of benzene rings is 1. The summed E-state index contributed by atoms with van der Waals surface area (Å²) in [4.78, 5) is 6.59. The van der Waals surface area contributed by atoms with Gasteiger partial charge in [0, 0.05) is 30.4 Å². The van der Waals surface area contributed by atoms with Crippen molar-refractivity contribution in [2.45, 2.75) is 84.1 Å². The minimum Gasteiger partial charge on any atom is -0.384 e. The smallest absolute Gasteiger partial charge is 0.174 e. The monoisotopic (exact) mass is 433 g/mol. The molecule has 5 heteroatoms. The molecule has 3 unspecified atom stereocenters. The molecule has 176 valence electrons. The zero-order chi connectivity index (χ0) is 22.8. The first kappa shape index (κ1) is 24.7. The molecule has 0 aromatic heterocycles. The Bertz CT molecular complexity index is 703. The van der Waals surface area contributed by atoms with Crippen LogP contribution < -0.4 is 0 Å². The zero-order valence-electron chi connectivity index (χ0n) is 20.7. The molecule has 3 atom stereocenters. The molecule has 0 aliphatic carbocycles. The summed E-state index contributed by atoms with van der Waals surface area (Å²) in [5.74, 6) is -0.435. The molecule has 3 rings (SSSR count). The van der Waals surface area contributed by atoms with Crippen LogP contribution in [0.3, 0.4) is 0 Å². The molecule has 2 fully saturated rings. The molecule has 1 spiro atoms. The number of ether oxygens (including phenoxy) is 3. The number of hydroxylamine groups is 2. The predicted octanol–water partition coefficient (Wildman–Crippen LogP) is 5.24. The predicted molar refractivity (Wildman–Crippen MR) is 124 cm³/mol. The highest BCUT2D eigenvalue weighted by atomic mass is 16.7. The van der Waals surface area contributed by atoms with E-state index in [1.54, 1.807) is 7.11 Å². The Morgan fingerprint density at radius 1 is 1.03 bits per heavy atom. The van der Waals surface area contributed by atoms with Gasteiger partial charge in [-0.1, -0.05) is 58.0 Å². The van der Waals surface area contributed by atoms with Crippen LogP contribution >= 0.6 is 0 Å². The maximum atomic E-state index is 6.62. The van der Waals surface area contributed by atoms with Crippen molar-refractivity contribution in [3.05, 3.63) is 35.9 Å². The minimum absolute atomic E-state index is 0.103. The Labute approximate surface area is 189 Å². The highest BCUT2D eigenvalue weighted by Crippen LogP contribution is 2.54. The summed E-state index contributed by atoms with van der Waals surface area (Å²) >= 11 is 0. The zero-order valence-corrected chi connectivity index (χ0v) is 20.7. The largest absolute Gasteiger partial charge is 0.384 e. The van der Waals surface area contributed by atoms with Crippen molar-refractivity contribution in [3.63, 3.8) is 0 Å². The summed E-state index contributed by atoms with van der Waals surface area (Å²) in [7, 11) is 1.74. The molecule has 0 bridgehead atoms. The van der Waals surface area contributed by atoms with Crippen molar-refractivity contribution < 1.29 is 19.0 Å². The van der Waals surface area contributed by atoms with Gasteiger partial charge < -0.3 is 14.2 Å². The maximum absolute atomic E-state index is 6.62. The molecule has 0 amide bonds. The van der Waals surface area contributed by atoms with Crippen LogP contribution in [-0.2, 0) is 25.5 Å². The van der Waals surface area contributed by atoms with Crippen molar-refractivity contribution >= 4 is 0 Å². The van der Waals surface area contributed by atoms with Crippen molar-refractivity contribution in [1.29, 1.82) is 0 Å². The van der Waals surface area contributed by atoms with Crippen molar-refractivity contribution in [1.82, 2.24) is 5.06 Å². The summed E-state index contributed by atoms with van der Waals surface area (Å²) in [5, 5.41) is 2.30. The first-order valence-corrected chi connectivity index (χ1v) is 11.9. The Hall–Kier alpha value is -0.980.